The molecule has 0 N–H and O–H groups in total. The number of hydrogen-bond acceptors (Lipinski definition) is 3. The first-order valence-corrected chi connectivity index (χ1v) is 14.3. The van der Waals surface area contributed by atoms with Gasteiger partial charge >= 0.3 is 148 Å². The molecule has 1 heterocycles. The fraction of sp³-hybridized carbons (Fsp3) is 0.880. The van der Waals surface area contributed by atoms with Crippen molar-refractivity contribution in [3.8, 4) is 0 Å². The van der Waals surface area contributed by atoms with Crippen molar-refractivity contribution >= 4 is 25.1 Å². The number of hydrogen-bond donors (Lipinski definition) is 0. The van der Waals surface area contributed by atoms with Gasteiger partial charge in [-0.15, -0.1) is 0 Å². The minimum absolute atomic E-state index is 0.413. The van der Waals surface area contributed by atoms with Crippen LogP contribution >= 0.6 is 0 Å². The van der Waals surface area contributed by atoms with Crippen LogP contribution in [0.5, 0.6) is 0 Å². The summed E-state index contributed by atoms with van der Waals surface area (Å²) in [6, 6.07) is 2.20. The molecule has 1 aromatic heterocycles. The van der Waals surface area contributed by atoms with Gasteiger partial charge in [-0.1, -0.05) is 20.3 Å². The predicted molar refractivity (Wildman–Crippen MR) is 116 cm³/mol. The van der Waals surface area contributed by atoms with Crippen molar-refractivity contribution in [3.63, 3.8) is 0 Å². The van der Waals surface area contributed by atoms with Crippen molar-refractivity contribution in [1.82, 2.24) is 5.16 Å². The molecule has 4 fully saturated rings. The largest absolute Gasteiger partial charge is 0.0473 e. The van der Waals surface area contributed by atoms with Crippen molar-refractivity contribution < 1.29 is 9.26 Å². The summed E-state index contributed by atoms with van der Waals surface area (Å²) < 4.78 is 12.0. The number of ether oxygens (including phenoxy) is 1. The Hall–Kier alpha value is 0.0661. The summed E-state index contributed by atoms with van der Waals surface area (Å²) in [7, 11) is 0. The Morgan fingerprint density at radius 1 is 1.07 bits per heavy atom. The van der Waals surface area contributed by atoms with Gasteiger partial charge in [0.1, 0.15) is 0 Å². The molecule has 0 spiro atoms. The summed E-state index contributed by atoms with van der Waals surface area (Å²) in [5, 5.41) is 4.53. The summed E-state index contributed by atoms with van der Waals surface area (Å²) in [6.45, 7) is 8.36. The van der Waals surface area contributed by atoms with Gasteiger partial charge in [0.15, 0.2) is 0 Å². The van der Waals surface area contributed by atoms with Gasteiger partial charge in [0.05, 0.1) is 0 Å². The molecule has 1 aromatic rings. The van der Waals surface area contributed by atoms with Crippen molar-refractivity contribution in [3.05, 3.63) is 17.5 Å². The van der Waals surface area contributed by atoms with E-state index in [1.807, 2.05) is 0 Å². The van der Waals surface area contributed by atoms with Crippen LogP contribution in [0.25, 0.3) is 0 Å². The van der Waals surface area contributed by atoms with E-state index in [0.29, 0.717) is 23.4 Å². The van der Waals surface area contributed by atoms with Crippen molar-refractivity contribution in [2.75, 3.05) is 4.27 Å². The van der Waals surface area contributed by atoms with Gasteiger partial charge in [-0.05, 0) is 24.7 Å². The van der Waals surface area contributed by atoms with Crippen LogP contribution in [0.15, 0.2) is 10.6 Å². The van der Waals surface area contributed by atoms with Crippen LogP contribution < -0.4 is 0 Å². The predicted octanol–water partition coefficient (Wildman–Crippen LogP) is 6.08. The Morgan fingerprint density at radius 3 is 2.69 bits per heavy atom. The minimum atomic E-state index is 0.413. The molecule has 161 valence electrons. The third kappa shape index (κ3) is 3.38. The monoisotopic (exact) mass is 593 g/mol. The summed E-state index contributed by atoms with van der Waals surface area (Å²) >= 11 is 1.46. The Balaban J connectivity index is 1.36. The molecule has 4 heteroatoms. The third-order valence-electron chi connectivity index (χ3n) is 10.2. The van der Waals surface area contributed by atoms with Crippen molar-refractivity contribution in [2.24, 2.45) is 40.4 Å². The summed E-state index contributed by atoms with van der Waals surface area (Å²) in [4.78, 5) is 0. The molecule has 5 rings (SSSR count). The first-order chi connectivity index (χ1) is 14.0. The molecule has 3 nitrogen and oxygen atoms in total. The Bertz CT molecular complexity index is 734. The van der Waals surface area contributed by atoms with E-state index in [4.69, 9.17) is 9.26 Å². The Labute approximate surface area is 192 Å². The topological polar surface area (TPSA) is 35.3 Å². The SMILES string of the molecule is C[C@H]1CC[C@@]2(C)C(CC[C@@H]3C2CC[C@@]2(C)C3CC[C@@H]2c2cc(CO[CH2][Po])on2)C1. The number of fused-ring (bicyclic) bond motifs is 5. The first kappa shape index (κ1) is 20.9. The zero-order valence-corrected chi connectivity index (χ0v) is 21.7. The Kier molecular flexibility index (Phi) is 5.69. The smallest absolute Gasteiger partial charge is 0.0473 e. The van der Waals surface area contributed by atoms with Crippen LogP contribution in [0, 0.1) is 40.4 Å². The normalized spacial score (nSPS) is 46.8. The third-order valence-corrected chi connectivity index (χ3v) is 10.8. The molecule has 4 aliphatic carbocycles. The van der Waals surface area contributed by atoms with E-state index < -0.39 is 0 Å². The zero-order valence-electron chi connectivity index (χ0n) is 18.5. The van der Waals surface area contributed by atoms with E-state index in [1.54, 1.807) is 0 Å². The molecule has 1 radical (unpaired) electrons. The molecule has 0 amide bonds. The van der Waals surface area contributed by atoms with Gasteiger partial charge < -0.3 is 0 Å². The van der Waals surface area contributed by atoms with Crippen LogP contribution in [0.4, 0.5) is 0 Å². The van der Waals surface area contributed by atoms with E-state index in [0.717, 1.165) is 39.6 Å². The average Bonchev–Trinajstić information content (AvgIpc) is 3.30. The molecule has 4 saturated carbocycles. The van der Waals surface area contributed by atoms with Crippen molar-refractivity contribution in [2.45, 2.75) is 91.1 Å². The molecular weight excluding hydrogens is 555 g/mol. The van der Waals surface area contributed by atoms with E-state index in [-0.39, 0.29) is 0 Å². The molecule has 0 aromatic carbocycles. The average molecular weight is 594 g/mol. The molecule has 0 bridgehead atoms. The molecule has 3 unspecified atom stereocenters. The zero-order chi connectivity index (χ0) is 20.2. The molecular formula is C25H38NO2Po. The summed E-state index contributed by atoms with van der Waals surface area (Å²) in [5.74, 6) is 6.24. The van der Waals surface area contributed by atoms with Crippen molar-refractivity contribution in [1.29, 1.82) is 0 Å². The number of aromatic nitrogens is 1. The second-order valence-corrected chi connectivity index (χ2v) is 12.3. The molecule has 4 aliphatic rings. The second kappa shape index (κ2) is 7.88. The number of nitrogens with zero attached hydrogens (tertiary/aromatic N) is 1. The standard InChI is InChI=1S/C25H38NO2.Po/c1-16-9-11-24(2)17(13-16)5-6-19-20-7-8-22(25(20,3)12-10-21(19)24)23-14-18(15-27-4)28-26-23;/h14,16-17,19-22H,4-13,15H2,1-3H3;/t16-,17?,19-,20?,21?,22+,24-,25-;/m0./s1. The maximum Gasteiger partial charge on any atom is -0.0473 e. The van der Waals surface area contributed by atoms with Crippen LogP contribution in [-0.4, -0.2) is 34.5 Å². The van der Waals surface area contributed by atoms with Gasteiger partial charge in [0.2, 0.25) is 0 Å². The van der Waals surface area contributed by atoms with Crippen LogP contribution in [-0.2, 0) is 11.3 Å². The maximum atomic E-state index is 5.64. The van der Waals surface area contributed by atoms with Gasteiger partial charge in [-0.25, -0.2) is 0 Å². The summed E-state index contributed by atoms with van der Waals surface area (Å²) in [5.41, 5.74) is 2.24. The number of rotatable bonds is 4. The van der Waals surface area contributed by atoms with E-state index in [2.05, 4.69) is 32.0 Å². The minimum Gasteiger partial charge on any atom is -0.0473 e. The van der Waals surface area contributed by atoms with E-state index >= 15 is 0 Å². The Morgan fingerprint density at radius 2 is 1.86 bits per heavy atom. The van der Waals surface area contributed by atoms with Crippen LogP contribution in [0.3, 0.4) is 0 Å². The van der Waals surface area contributed by atoms with Crippen LogP contribution in [0.1, 0.15) is 95.9 Å². The van der Waals surface area contributed by atoms with Gasteiger partial charge in [-0.2, -0.15) is 0 Å². The fourth-order valence-corrected chi connectivity index (χ4v) is 8.99. The van der Waals surface area contributed by atoms with E-state index in [9.17, 15) is 0 Å². The van der Waals surface area contributed by atoms with Crippen LogP contribution in [0.2, 0.25) is 0 Å². The molecule has 29 heavy (non-hydrogen) atoms. The second-order valence-electron chi connectivity index (χ2n) is 11.4. The van der Waals surface area contributed by atoms with Gasteiger partial charge in [-0.3, -0.25) is 0 Å². The quantitative estimate of drug-likeness (QED) is 0.425. The maximum absolute atomic E-state index is 5.64. The molecule has 8 atom stereocenters. The van der Waals surface area contributed by atoms with E-state index in [1.165, 1.54) is 88.5 Å². The van der Waals surface area contributed by atoms with Gasteiger partial charge in [0, 0.05) is 0 Å². The summed E-state index contributed by atoms with van der Waals surface area (Å²) in [6.07, 6.45) is 12.9. The molecule has 0 saturated heterocycles. The fourth-order valence-electron chi connectivity index (χ4n) is 8.66. The first-order valence-electron chi connectivity index (χ1n) is 12.1. The molecule has 0 aliphatic heterocycles. The van der Waals surface area contributed by atoms with Gasteiger partial charge in [0.25, 0.3) is 0 Å².